The predicted molar refractivity (Wildman–Crippen MR) is 42.1 cm³/mol. The maximum Gasteiger partial charge on any atom is 0.140 e. The molecule has 0 amide bonds. The average molecular weight is 148 g/mol. The van der Waals surface area contributed by atoms with E-state index >= 15 is 0 Å². The smallest absolute Gasteiger partial charge is 0.140 e. The molecule has 3 rings (SSSR count). The Hall–Kier alpha value is -0.590. The summed E-state index contributed by atoms with van der Waals surface area (Å²) in [7, 11) is 0. The Morgan fingerprint density at radius 1 is 1.36 bits per heavy atom. The molecule has 0 saturated heterocycles. The van der Waals surface area contributed by atoms with Crippen molar-refractivity contribution < 1.29 is 4.79 Å². The summed E-state index contributed by atoms with van der Waals surface area (Å²) in [6, 6.07) is 0. The van der Waals surface area contributed by atoms with Gasteiger partial charge in [0, 0.05) is 17.8 Å². The van der Waals surface area contributed by atoms with Gasteiger partial charge < -0.3 is 0 Å². The third-order valence-electron chi connectivity index (χ3n) is 3.84. The standard InChI is InChI=1S/C10H12O/c11-9-3-5-10-4-1-2-7(10)6-8(9)10/h6,8H,1-5H2. The lowest BCUT2D eigenvalue weighted by molar-refractivity contribution is -0.121. The summed E-state index contributed by atoms with van der Waals surface area (Å²) in [6.45, 7) is 0. The van der Waals surface area contributed by atoms with E-state index in [0.29, 0.717) is 17.1 Å². The molecule has 2 unspecified atom stereocenters. The van der Waals surface area contributed by atoms with E-state index in [9.17, 15) is 4.79 Å². The van der Waals surface area contributed by atoms with E-state index in [2.05, 4.69) is 6.08 Å². The van der Waals surface area contributed by atoms with E-state index in [0.717, 1.165) is 6.42 Å². The molecule has 58 valence electrons. The second-order valence-corrected chi connectivity index (χ2v) is 4.15. The van der Waals surface area contributed by atoms with Gasteiger partial charge in [-0.15, -0.1) is 0 Å². The van der Waals surface area contributed by atoms with E-state index in [1.54, 1.807) is 5.57 Å². The zero-order valence-corrected chi connectivity index (χ0v) is 6.60. The Kier molecular flexibility index (Phi) is 0.869. The van der Waals surface area contributed by atoms with Crippen molar-refractivity contribution in [3.05, 3.63) is 11.6 Å². The van der Waals surface area contributed by atoms with Gasteiger partial charge in [-0.1, -0.05) is 11.6 Å². The van der Waals surface area contributed by atoms with Crippen molar-refractivity contribution in [2.75, 3.05) is 0 Å². The number of hydrogen-bond donors (Lipinski definition) is 0. The zero-order chi connectivity index (χ0) is 7.47. The van der Waals surface area contributed by atoms with Crippen molar-refractivity contribution in [2.45, 2.75) is 32.1 Å². The van der Waals surface area contributed by atoms with Gasteiger partial charge >= 0.3 is 0 Å². The van der Waals surface area contributed by atoms with Crippen LogP contribution in [0.2, 0.25) is 0 Å². The van der Waals surface area contributed by atoms with Crippen molar-refractivity contribution in [1.82, 2.24) is 0 Å². The summed E-state index contributed by atoms with van der Waals surface area (Å²) >= 11 is 0. The van der Waals surface area contributed by atoms with Gasteiger partial charge in [0.15, 0.2) is 0 Å². The normalized spacial score (nSPS) is 46.4. The third kappa shape index (κ3) is 0.492. The number of ketones is 1. The van der Waals surface area contributed by atoms with Crippen LogP contribution in [0.1, 0.15) is 32.1 Å². The fraction of sp³-hybridized carbons (Fsp3) is 0.700. The minimum absolute atomic E-state index is 0.361. The number of rotatable bonds is 0. The van der Waals surface area contributed by atoms with E-state index in [1.807, 2.05) is 0 Å². The average Bonchev–Trinajstić information content (AvgIpc) is 2.39. The molecule has 11 heavy (non-hydrogen) atoms. The zero-order valence-electron chi connectivity index (χ0n) is 6.60. The number of Topliss-reactive ketones (excluding diaryl/α,β-unsaturated/α-hetero) is 1. The van der Waals surface area contributed by atoms with Crippen LogP contribution in [0.3, 0.4) is 0 Å². The second kappa shape index (κ2) is 1.60. The first-order valence-corrected chi connectivity index (χ1v) is 4.57. The van der Waals surface area contributed by atoms with E-state index < -0.39 is 0 Å². The molecule has 3 aliphatic carbocycles. The third-order valence-corrected chi connectivity index (χ3v) is 3.84. The Morgan fingerprint density at radius 2 is 2.27 bits per heavy atom. The summed E-state index contributed by atoms with van der Waals surface area (Å²) in [5.41, 5.74) is 2.05. The molecule has 0 N–H and O–H groups in total. The lowest BCUT2D eigenvalue weighted by Gasteiger charge is -2.38. The van der Waals surface area contributed by atoms with E-state index in [-0.39, 0.29) is 0 Å². The molecule has 0 aromatic carbocycles. The molecular formula is C10H12O. The maximum atomic E-state index is 11.3. The van der Waals surface area contributed by atoms with Crippen molar-refractivity contribution >= 4 is 5.78 Å². The van der Waals surface area contributed by atoms with Gasteiger partial charge in [-0.25, -0.2) is 0 Å². The molecule has 1 nitrogen and oxygen atoms in total. The number of hydrogen-bond acceptors (Lipinski definition) is 1. The molecule has 0 heterocycles. The van der Waals surface area contributed by atoms with Crippen molar-refractivity contribution in [3.63, 3.8) is 0 Å². The highest BCUT2D eigenvalue weighted by Crippen LogP contribution is 2.63. The van der Waals surface area contributed by atoms with Crippen molar-refractivity contribution in [2.24, 2.45) is 11.3 Å². The summed E-state index contributed by atoms with van der Waals surface area (Å²) in [6.07, 6.45) is 8.17. The summed E-state index contributed by atoms with van der Waals surface area (Å²) in [5.74, 6) is 0.871. The monoisotopic (exact) mass is 148 g/mol. The van der Waals surface area contributed by atoms with Gasteiger partial charge in [0.05, 0.1) is 0 Å². The number of allylic oxidation sites excluding steroid dienone is 2. The molecule has 0 bridgehead atoms. The molecule has 0 aliphatic heterocycles. The predicted octanol–water partition coefficient (Wildman–Crippen LogP) is 2.08. The van der Waals surface area contributed by atoms with Gasteiger partial charge in [-0.05, 0) is 25.7 Å². The second-order valence-electron chi connectivity index (χ2n) is 4.15. The molecule has 1 spiro atoms. The number of carbonyl (C=O) groups excluding carboxylic acids is 1. The van der Waals surface area contributed by atoms with Gasteiger partial charge in [0.2, 0.25) is 0 Å². The van der Waals surface area contributed by atoms with Crippen LogP contribution in [0.5, 0.6) is 0 Å². The fourth-order valence-corrected chi connectivity index (χ4v) is 3.22. The summed E-state index contributed by atoms with van der Waals surface area (Å²) in [5, 5.41) is 0. The lowest BCUT2D eigenvalue weighted by Crippen LogP contribution is -2.33. The Bertz CT molecular complexity index is 264. The van der Waals surface area contributed by atoms with Crippen LogP contribution in [0.4, 0.5) is 0 Å². The van der Waals surface area contributed by atoms with Crippen LogP contribution in [0.15, 0.2) is 11.6 Å². The molecule has 3 aliphatic rings. The molecule has 0 radical (unpaired) electrons. The van der Waals surface area contributed by atoms with Crippen molar-refractivity contribution in [1.29, 1.82) is 0 Å². The molecule has 0 aromatic rings. The summed E-state index contributed by atoms with van der Waals surface area (Å²) < 4.78 is 0. The lowest BCUT2D eigenvalue weighted by atomic mass is 9.64. The Morgan fingerprint density at radius 3 is 3.00 bits per heavy atom. The minimum Gasteiger partial charge on any atom is -0.299 e. The number of carbonyl (C=O) groups is 1. The molecule has 2 saturated carbocycles. The SMILES string of the molecule is O=C1CCC23CCCC2=CC13. The van der Waals surface area contributed by atoms with Gasteiger partial charge in [-0.2, -0.15) is 0 Å². The van der Waals surface area contributed by atoms with Crippen LogP contribution in [0.25, 0.3) is 0 Å². The molecule has 2 atom stereocenters. The van der Waals surface area contributed by atoms with Crippen LogP contribution >= 0.6 is 0 Å². The Balaban J connectivity index is 2.08. The van der Waals surface area contributed by atoms with Crippen LogP contribution < -0.4 is 0 Å². The topological polar surface area (TPSA) is 17.1 Å². The van der Waals surface area contributed by atoms with Crippen molar-refractivity contribution in [3.8, 4) is 0 Å². The van der Waals surface area contributed by atoms with Crippen LogP contribution in [-0.4, -0.2) is 5.78 Å². The van der Waals surface area contributed by atoms with Gasteiger partial charge in [0.1, 0.15) is 5.78 Å². The highest BCUT2D eigenvalue weighted by atomic mass is 16.1. The maximum absolute atomic E-state index is 11.3. The first-order valence-electron chi connectivity index (χ1n) is 4.57. The molecule has 0 aromatic heterocycles. The van der Waals surface area contributed by atoms with Gasteiger partial charge in [0.25, 0.3) is 0 Å². The molecule has 1 heteroatoms. The van der Waals surface area contributed by atoms with E-state index in [1.165, 1.54) is 25.7 Å². The first-order chi connectivity index (χ1) is 5.33. The quantitative estimate of drug-likeness (QED) is 0.481. The Labute approximate surface area is 66.5 Å². The largest absolute Gasteiger partial charge is 0.299 e. The first kappa shape index (κ1) is 5.99. The minimum atomic E-state index is 0.361. The molecule has 2 fully saturated rings. The van der Waals surface area contributed by atoms with E-state index in [4.69, 9.17) is 0 Å². The highest BCUT2D eigenvalue weighted by Gasteiger charge is 2.56. The summed E-state index contributed by atoms with van der Waals surface area (Å²) in [4.78, 5) is 11.3. The fourth-order valence-electron chi connectivity index (χ4n) is 3.22. The van der Waals surface area contributed by atoms with Gasteiger partial charge in [-0.3, -0.25) is 4.79 Å². The molecular weight excluding hydrogens is 136 g/mol. The highest BCUT2D eigenvalue weighted by molar-refractivity contribution is 5.89. The van der Waals surface area contributed by atoms with Crippen LogP contribution in [0, 0.1) is 11.3 Å². The van der Waals surface area contributed by atoms with Crippen LogP contribution in [-0.2, 0) is 4.79 Å².